The highest BCUT2D eigenvalue weighted by molar-refractivity contribution is 6.17. The number of carbonyl (C=O) groups excluding carboxylic acids is 4. The van der Waals surface area contributed by atoms with E-state index in [1.165, 1.54) is 4.90 Å². The van der Waals surface area contributed by atoms with Gasteiger partial charge in [0.25, 0.3) is 5.91 Å². The lowest BCUT2D eigenvalue weighted by Gasteiger charge is -2.50. The minimum atomic E-state index is -1.35. The van der Waals surface area contributed by atoms with E-state index in [4.69, 9.17) is 9.47 Å². The number of nitrogens with one attached hydrogen (secondary N) is 1. The van der Waals surface area contributed by atoms with Crippen LogP contribution in [0.4, 0.5) is 11.4 Å². The molecule has 1 atom stereocenters. The predicted molar refractivity (Wildman–Crippen MR) is 131 cm³/mol. The molecule has 0 radical (unpaired) electrons. The first kappa shape index (κ1) is 24.6. The van der Waals surface area contributed by atoms with Crippen molar-refractivity contribution in [3.8, 4) is 0 Å². The zero-order valence-electron chi connectivity index (χ0n) is 19.9. The van der Waals surface area contributed by atoms with Gasteiger partial charge in [0.2, 0.25) is 5.91 Å². The Morgan fingerprint density at radius 1 is 0.917 bits per heavy atom. The Bertz CT molecular complexity index is 1280. The average molecular weight is 488 g/mol. The second-order valence-electron chi connectivity index (χ2n) is 8.03. The predicted octanol–water partition coefficient (Wildman–Crippen LogP) is 3.71. The zero-order chi connectivity index (χ0) is 25.7. The molecule has 1 unspecified atom stereocenters. The van der Waals surface area contributed by atoms with Crippen molar-refractivity contribution in [1.29, 1.82) is 0 Å². The number of carbonyl (C=O) groups is 4. The fourth-order valence-electron chi connectivity index (χ4n) is 4.11. The van der Waals surface area contributed by atoms with Crippen molar-refractivity contribution >= 4 is 35.1 Å². The number of esters is 2. The molecular formula is C27H25N3O6. The van der Waals surface area contributed by atoms with Gasteiger partial charge in [0, 0.05) is 29.3 Å². The lowest BCUT2D eigenvalue weighted by atomic mass is 9.76. The molecule has 3 aromatic rings. The van der Waals surface area contributed by atoms with Crippen molar-refractivity contribution in [2.45, 2.75) is 25.8 Å². The first-order chi connectivity index (χ1) is 17.4. The summed E-state index contributed by atoms with van der Waals surface area (Å²) in [5.74, 6) is -1.62. The fraction of sp³-hybridized carbons (Fsp3) is 0.222. The van der Waals surface area contributed by atoms with E-state index in [0.29, 0.717) is 28.1 Å². The largest absolute Gasteiger partial charge is 0.462 e. The molecule has 4 rings (SSSR count). The molecule has 1 N–H and O–H groups in total. The summed E-state index contributed by atoms with van der Waals surface area (Å²) in [6.07, 6.45) is 3.07. The van der Waals surface area contributed by atoms with Crippen molar-refractivity contribution in [3.05, 3.63) is 89.7 Å². The second-order valence-corrected chi connectivity index (χ2v) is 8.03. The first-order valence-corrected chi connectivity index (χ1v) is 11.5. The SMILES string of the molecule is CCOC(=O)c1ccc(NC(=O)C2(c3cccnc3)CC(=O)N2c2ccc(C(=O)OCC)cc2)cc1. The van der Waals surface area contributed by atoms with Crippen LogP contribution in [0.5, 0.6) is 0 Å². The molecule has 1 aromatic heterocycles. The Hall–Kier alpha value is -4.53. The van der Waals surface area contributed by atoms with Crippen molar-refractivity contribution in [3.63, 3.8) is 0 Å². The van der Waals surface area contributed by atoms with E-state index in [1.54, 1.807) is 86.9 Å². The summed E-state index contributed by atoms with van der Waals surface area (Å²) in [4.78, 5) is 56.1. The molecule has 0 bridgehead atoms. The quantitative estimate of drug-likeness (QED) is 0.380. The van der Waals surface area contributed by atoms with Crippen LogP contribution in [0.15, 0.2) is 73.1 Å². The molecule has 184 valence electrons. The number of benzene rings is 2. The van der Waals surface area contributed by atoms with Gasteiger partial charge in [-0.3, -0.25) is 19.5 Å². The van der Waals surface area contributed by atoms with Gasteiger partial charge in [0.1, 0.15) is 0 Å². The van der Waals surface area contributed by atoms with E-state index >= 15 is 0 Å². The van der Waals surface area contributed by atoms with Gasteiger partial charge in [0.05, 0.1) is 30.8 Å². The molecule has 1 aliphatic heterocycles. The Morgan fingerprint density at radius 2 is 1.50 bits per heavy atom. The third kappa shape index (κ3) is 4.55. The third-order valence-electron chi connectivity index (χ3n) is 5.84. The van der Waals surface area contributed by atoms with Crippen LogP contribution in [0, 0.1) is 0 Å². The highest BCUT2D eigenvalue weighted by Gasteiger charge is 2.58. The van der Waals surface area contributed by atoms with Crippen LogP contribution in [-0.2, 0) is 24.6 Å². The molecule has 36 heavy (non-hydrogen) atoms. The first-order valence-electron chi connectivity index (χ1n) is 11.5. The Morgan fingerprint density at radius 3 is 2.00 bits per heavy atom. The summed E-state index contributed by atoms with van der Waals surface area (Å²) in [7, 11) is 0. The molecule has 1 aliphatic rings. The van der Waals surface area contributed by atoms with Crippen LogP contribution in [0.2, 0.25) is 0 Å². The number of amides is 2. The maximum Gasteiger partial charge on any atom is 0.338 e. The monoisotopic (exact) mass is 487 g/mol. The number of hydrogen-bond acceptors (Lipinski definition) is 7. The van der Waals surface area contributed by atoms with E-state index < -0.39 is 23.4 Å². The number of anilines is 2. The molecule has 1 saturated heterocycles. The van der Waals surface area contributed by atoms with Crippen LogP contribution < -0.4 is 10.2 Å². The number of β-lactam (4-membered cyclic amide) rings is 1. The van der Waals surface area contributed by atoms with Gasteiger partial charge in [-0.2, -0.15) is 0 Å². The molecule has 0 spiro atoms. The topological polar surface area (TPSA) is 115 Å². The van der Waals surface area contributed by atoms with Gasteiger partial charge < -0.3 is 14.8 Å². The van der Waals surface area contributed by atoms with Gasteiger partial charge >= 0.3 is 11.9 Å². The Balaban J connectivity index is 1.65. The number of hydrogen-bond donors (Lipinski definition) is 1. The van der Waals surface area contributed by atoms with Gasteiger partial charge in [-0.25, -0.2) is 9.59 Å². The maximum absolute atomic E-state index is 13.7. The molecule has 9 nitrogen and oxygen atoms in total. The highest BCUT2D eigenvalue weighted by atomic mass is 16.5. The summed E-state index contributed by atoms with van der Waals surface area (Å²) in [6.45, 7) is 3.95. The number of aromatic nitrogens is 1. The molecule has 1 fully saturated rings. The van der Waals surface area contributed by atoms with Gasteiger partial charge in [-0.05, 0) is 68.4 Å². The molecule has 0 aliphatic carbocycles. The van der Waals surface area contributed by atoms with Crippen LogP contribution in [-0.4, -0.2) is 42.0 Å². The normalized spacial score (nSPS) is 16.6. The molecule has 2 aromatic carbocycles. The van der Waals surface area contributed by atoms with Crippen molar-refractivity contribution in [2.75, 3.05) is 23.4 Å². The summed E-state index contributed by atoms with van der Waals surface area (Å²) in [6, 6.07) is 16.1. The van der Waals surface area contributed by atoms with E-state index in [0.717, 1.165) is 0 Å². The lowest BCUT2D eigenvalue weighted by Crippen LogP contribution is -2.67. The zero-order valence-corrected chi connectivity index (χ0v) is 19.9. The van der Waals surface area contributed by atoms with E-state index in [9.17, 15) is 19.2 Å². The van der Waals surface area contributed by atoms with Gasteiger partial charge in [0.15, 0.2) is 5.54 Å². The Labute approximate surface area is 208 Å². The highest BCUT2D eigenvalue weighted by Crippen LogP contribution is 2.45. The van der Waals surface area contributed by atoms with Crippen molar-refractivity contribution in [2.24, 2.45) is 0 Å². The van der Waals surface area contributed by atoms with Gasteiger partial charge in [-0.15, -0.1) is 0 Å². The van der Waals surface area contributed by atoms with Crippen LogP contribution in [0.25, 0.3) is 0 Å². The smallest absolute Gasteiger partial charge is 0.338 e. The molecule has 2 heterocycles. The number of nitrogens with zero attached hydrogens (tertiary/aromatic N) is 2. The van der Waals surface area contributed by atoms with Crippen molar-refractivity contribution in [1.82, 2.24) is 4.98 Å². The third-order valence-corrected chi connectivity index (χ3v) is 5.84. The van der Waals surface area contributed by atoms with E-state index in [1.807, 2.05) is 0 Å². The Kier molecular flexibility index (Phi) is 7.10. The van der Waals surface area contributed by atoms with Crippen LogP contribution >= 0.6 is 0 Å². The van der Waals surface area contributed by atoms with E-state index in [2.05, 4.69) is 10.3 Å². The number of ether oxygens (including phenoxy) is 2. The van der Waals surface area contributed by atoms with Gasteiger partial charge in [-0.1, -0.05) is 6.07 Å². The maximum atomic E-state index is 13.7. The second kappa shape index (κ2) is 10.4. The average Bonchev–Trinajstić information content (AvgIpc) is 2.88. The summed E-state index contributed by atoms with van der Waals surface area (Å²) in [5, 5.41) is 2.86. The summed E-state index contributed by atoms with van der Waals surface area (Å²) in [5.41, 5.74) is 0.797. The molecule has 0 saturated carbocycles. The fourth-order valence-corrected chi connectivity index (χ4v) is 4.11. The summed E-state index contributed by atoms with van der Waals surface area (Å²) < 4.78 is 10.0. The standard InChI is InChI=1S/C27H25N3O6/c1-3-35-24(32)18-7-11-21(12-8-18)29-26(34)27(20-6-5-15-28-17-20)16-23(31)30(27)22-13-9-19(10-14-22)25(33)36-4-2/h5-15,17H,3-4,16H2,1-2H3,(H,29,34). The number of rotatable bonds is 8. The number of pyridine rings is 1. The van der Waals surface area contributed by atoms with Crippen LogP contribution in [0.3, 0.4) is 0 Å². The minimum Gasteiger partial charge on any atom is -0.462 e. The molecule has 2 amide bonds. The summed E-state index contributed by atoms with van der Waals surface area (Å²) >= 11 is 0. The minimum absolute atomic E-state index is 0.0644. The molecule has 9 heteroatoms. The van der Waals surface area contributed by atoms with Crippen molar-refractivity contribution < 1.29 is 28.7 Å². The van der Waals surface area contributed by atoms with Crippen LogP contribution in [0.1, 0.15) is 46.5 Å². The molecular weight excluding hydrogens is 462 g/mol. The lowest BCUT2D eigenvalue weighted by molar-refractivity contribution is -0.137. The van der Waals surface area contributed by atoms with E-state index in [-0.39, 0.29) is 25.5 Å².